The first-order chi connectivity index (χ1) is 10.1. The molecule has 0 aliphatic carbocycles. The maximum Gasteiger partial charge on any atom is 0.287 e. The second-order valence-corrected chi connectivity index (χ2v) is 4.90. The summed E-state index contributed by atoms with van der Waals surface area (Å²) < 4.78 is 5.04. The van der Waals surface area contributed by atoms with Crippen LogP contribution < -0.4 is 5.32 Å². The van der Waals surface area contributed by atoms with Gasteiger partial charge in [-0.15, -0.1) is 0 Å². The summed E-state index contributed by atoms with van der Waals surface area (Å²) in [5, 5.41) is 12.8. The van der Waals surface area contributed by atoms with Crippen LogP contribution in [0, 0.1) is 0 Å². The standard InChI is InChI=1S/C15H10ClNO4/c16-9-5-2-1-4-8(9)12-11(14(19)15(20)17-12)13(18)10-6-3-7-21-10/h1-7,12,19H,(H,17,20)/t12-/m0/s1. The zero-order valence-electron chi connectivity index (χ0n) is 10.7. The third kappa shape index (κ3) is 2.21. The number of amides is 1. The van der Waals surface area contributed by atoms with Crippen molar-refractivity contribution in [1.82, 2.24) is 5.32 Å². The van der Waals surface area contributed by atoms with E-state index >= 15 is 0 Å². The van der Waals surface area contributed by atoms with E-state index in [0.29, 0.717) is 10.6 Å². The average Bonchev–Trinajstić information content (AvgIpc) is 3.09. The van der Waals surface area contributed by atoms with Crippen molar-refractivity contribution < 1.29 is 19.1 Å². The van der Waals surface area contributed by atoms with E-state index in [4.69, 9.17) is 16.0 Å². The van der Waals surface area contributed by atoms with Crippen LogP contribution in [0.3, 0.4) is 0 Å². The zero-order chi connectivity index (χ0) is 15.0. The van der Waals surface area contributed by atoms with Crippen molar-refractivity contribution in [2.24, 2.45) is 0 Å². The molecule has 2 N–H and O–H groups in total. The lowest BCUT2D eigenvalue weighted by molar-refractivity contribution is -0.119. The van der Waals surface area contributed by atoms with Gasteiger partial charge in [-0.1, -0.05) is 29.8 Å². The predicted molar refractivity (Wildman–Crippen MR) is 75.0 cm³/mol. The Kier molecular flexibility index (Phi) is 3.27. The number of aliphatic hydroxyl groups is 1. The third-order valence-corrected chi connectivity index (χ3v) is 3.58. The Hall–Kier alpha value is -2.53. The van der Waals surface area contributed by atoms with Crippen LogP contribution in [-0.4, -0.2) is 16.8 Å². The Labute approximate surface area is 124 Å². The summed E-state index contributed by atoms with van der Waals surface area (Å²) in [4.78, 5) is 24.1. The fraction of sp³-hybridized carbons (Fsp3) is 0.0667. The number of carbonyl (C=O) groups excluding carboxylic acids is 2. The normalized spacial score (nSPS) is 18.0. The van der Waals surface area contributed by atoms with E-state index in [1.165, 1.54) is 12.3 Å². The summed E-state index contributed by atoms with van der Waals surface area (Å²) >= 11 is 6.10. The number of rotatable bonds is 3. The fourth-order valence-corrected chi connectivity index (χ4v) is 2.50. The largest absolute Gasteiger partial charge is 0.503 e. The van der Waals surface area contributed by atoms with Gasteiger partial charge in [0, 0.05) is 5.02 Å². The van der Waals surface area contributed by atoms with Gasteiger partial charge in [0.1, 0.15) is 0 Å². The Balaban J connectivity index is 2.08. The quantitative estimate of drug-likeness (QED) is 0.855. The van der Waals surface area contributed by atoms with Gasteiger partial charge in [0.25, 0.3) is 5.91 Å². The van der Waals surface area contributed by atoms with Gasteiger partial charge in [0.05, 0.1) is 17.9 Å². The van der Waals surface area contributed by atoms with Crippen molar-refractivity contribution in [3.8, 4) is 0 Å². The zero-order valence-corrected chi connectivity index (χ0v) is 11.4. The number of aliphatic hydroxyl groups excluding tert-OH is 1. The van der Waals surface area contributed by atoms with E-state index in [-0.39, 0.29) is 11.3 Å². The molecule has 2 heterocycles. The number of hydrogen-bond acceptors (Lipinski definition) is 4. The summed E-state index contributed by atoms with van der Waals surface area (Å²) in [5.74, 6) is -1.83. The molecule has 0 radical (unpaired) electrons. The number of nitrogens with one attached hydrogen (secondary N) is 1. The van der Waals surface area contributed by atoms with Crippen molar-refractivity contribution in [1.29, 1.82) is 0 Å². The van der Waals surface area contributed by atoms with E-state index < -0.39 is 23.5 Å². The molecule has 106 valence electrons. The highest BCUT2D eigenvalue weighted by Gasteiger charge is 2.39. The van der Waals surface area contributed by atoms with Crippen molar-refractivity contribution in [2.45, 2.75) is 6.04 Å². The van der Waals surface area contributed by atoms with Crippen LogP contribution >= 0.6 is 11.6 Å². The summed E-state index contributed by atoms with van der Waals surface area (Å²) in [5.41, 5.74) is 0.467. The molecule has 0 fully saturated rings. The minimum atomic E-state index is -0.802. The molecule has 1 aromatic heterocycles. The van der Waals surface area contributed by atoms with Crippen LogP contribution in [-0.2, 0) is 4.79 Å². The van der Waals surface area contributed by atoms with E-state index in [1.807, 2.05) is 0 Å². The molecule has 21 heavy (non-hydrogen) atoms. The lowest BCUT2D eigenvalue weighted by Crippen LogP contribution is -2.23. The lowest BCUT2D eigenvalue weighted by atomic mass is 9.96. The first-order valence-corrected chi connectivity index (χ1v) is 6.54. The Bertz CT molecular complexity index is 749. The predicted octanol–water partition coefficient (Wildman–Crippen LogP) is 2.80. The molecule has 1 amide bonds. The number of ketones is 1. The van der Waals surface area contributed by atoms with Gasteiger partial charge in [-0.2, -0.15) is 0 Å². The summed E-state index contributed by atoms with van der Waals surface area (Å²) in [6.45, 7) is 0. The molecule has 1 aromatic carbocycles. The monoisotopic (exact) mass is 303 g/mol. The molecule has 0 saturated heterocycles. The molecule has 6 heteroatoms. The van der Waals surface area contributed by atoms with Crippen molar-refractivity contribution in [3.63, 3.8) is 0 Å². The molecule has 0 spiro atoms. The van der Waals surface area contributed by atoms with Gasteiger partial charge >= 0.3 is 0 Å². The molecular weight excluding hydrogens is 294 g/mol. The maximum atomic E-state index is 12.4. The number of furan rings is 1. The Morgan fingerprint density at radius 1 is 1.24 bits per heavy atom. The fourth-order valence-electron chi connectivity index (χ4n) is 2.25. The smallest absolute Gasteiger partial charge is 0.287 e. The lowest BCUT2D eigenvalue weighted by Gasteiger charge is -2.15. The number of benzene rings is 1. The van der Waals surface area contributed by atoms with Gasteiger partial charge in [0.15, 0.2) is 11.5 Å². The molecule has 1 aliphatic rings. The molecule has 0 saturated carbocycles. The van der Waals surface area contributed by atoms with Crippen molar-refractivity contribution >= 4 is 23.3 Å². The van der Waals surface area contributed by atoms with Gasteiger partial charge in [-0.3, -0.25) is 9.59 Å². The first kappa shape index (κ1) is 13.5. The molecule has 2 aromatic rings. The van der Waals surface area contributed by atoms with Crippen molar-refractivity contribution in [2.75, 3.05) is 0 Å². The minimum Gasteiger partial charge on any atom is -0.503 e. The summed E-state index contributed by atoms with van der Waals surface area (Å²) in [7, 11) is 0. The van der Waals surface area contributed by atoms with Gasteiger partial charge < -0.3 is 14.8 Å². The summed E-state index contributed by atoms with van der Waals surface area (Å²) in [6.07, 6.45) is 1.35. The second-order valence-electron chi connectivity index (χ2n) is 4.50. The molecule has 3 rings (SSSR count). The highest BCUT2D eigenvalue weighted by molar-refractivity contribution is 6.31. The number of halogens is 1. The van der Waals surface area contributed by atoms with Crippen LogP contribution in [0.2, 0.25) is 5.02 Å². The van der Waals surface area contributed by atoms with E-state index in [9.17, 15) is 14.7 Å². The van der Waals surface area contributed by atoms with Crippen molar-refractivity contribution in [3.05, 3.63) is 70.3 Å². The van der Waals surface area contributed by atoms with E-state index in [1.54, 1.807) is 30.3 Å². The SMILES string of the molecule is O=C1N[C@@H](c2ccccc2Cl)C(C(=O)c2ccco2)=C1O. The topological polar surface area (TPSA) is 79.5 Å². The molecule has 0 bridgehead atoms. The maximum absolute atomic E-state index is 12.4. The highest BCUT2D eigenvalue weighted by atomic mass is 35.5. The average molecular weight is 304 g/mol. The summed E-state index contributed by atoms with van der Waals surface area (Å²) in [6, 6.07) is 9.02. The molecule has 5 nitrogen and oxygen atoms in total. The van der Waals surface area contributed by atoms with E-state index in [2.05, 4.69) is 5.32 Å². The van der Waals surface area contributed by atoms with Crippen LogP contribution in [0.5, 0.6) is 0 Å². The van der Waals surface area contributed by atoms with Crippen LogP contribution in [0.4, 0.5) is 0 Å². The second kappa shape index (κ2) is 5.10. The van der Waals surface area contributed by atoms with Gasteiger partial charge in [-0.05, 0) is 23.8 Å². The van der Waals surface area contributed by atoms with E-state index in [0.717, 1.165) is 0 Å². The number of hydrogen-bond donors (Lipinski definition) is 2. The Morgan fingerprint density at radius 3 is 2.67 bits per heavy atom. The molecule has 0 unspecified atom stereocenters. The van der Waals surface area contributed by atoms with Crippen LogP contribution in [0.15, 0.2) is 58.4 Å². The van der Waals surface area contributed by atoms with Crippen LogP contribution in [0.25, 0.3) is 0 Å². The molecule has 1 aliphatic heterocycles. The molecule has 1 atom stereocenters. The van der Waals surface area contributed by atoms with Gasteiger partial charge in [-0.25, -0.2) is 0 Å². The molecular formula is C15H10ClNO4. The third-order valence-electron chi connectivity index (χ3n) is 3.24. The Morgan fingerprint density at radius 2 is 2.00 bits per heavy atom. The van der Waals surface area contributed by atoms with Crippen LogP contribution in [0.1, 0.15) is 22.2 Å². The number of carbonyl (C=O) groups is 2. The number of Topliss-reactive ketones (excluding diaryl/α,β-unsaturated/α-hetero) is 1. The first-order valence-electron chi connectivity index (χ1n) is 6.16. The minimum absolute atomic E-state index is 0.0464. The highest BCUT2D eigenvalue weighted by Crippen LogP contribution is 2.35. The van der Waals surface area contributed by atoms with Gasteiger partial charge in [0.2, 0.25) is 5.78 Å².